The van der Waals surface area contributed by atoms with E-state index in [4.69, 9.17) is 10.8 Å². The van der Waals surface area contributed by atoms with Gasteiger partial charge in [-0.15, -0.1) is 6.42 Å². The Hall–Kier alpha value is -2.38. The second-order valence-electron chi connectivity index (χ2n) is 2.92. The Labute approximate surface area is 88.7 Å². The number of rotatable bonds is 0. The first kappa shape index (κ1) is 9.19. The monoisotopic (exact) mass is 192 g/mol. The number of terminal acetylenes is 1. The molecule has 0 atom stereocenters. The summed E-state index contributed by atoms with van der Waals surface area (Å²) in [5.41, 5.74) is 0.955. The van der Waals surface area contributed by atoms with E-state index >= 15 is 0 Å². The molecule has 1 aromatic heterocycles. The molecule has 1 aromatic carbocycles. The Bertz CT molecular complexity index is 544. The van der Waals surface area contributed by atoms with Gasteiger partial charge in [0.1, 0.15) is 0 Å². The SMILES string of the molecule is C#Cc1ccc(C#Cc2ccccc2)o1. The van der Waals surface area contributed by atoms with Crippen molar-refractivity contribution in [2.75, 3.05) is 0 Å². The summed E-state index contributed by atoms with van der Waals surface area (Å²) in [4.78, 5) is 0. The van der Waals surface area contributed by atoms with Gasteiger partial charge in [0.25, 0.3) is 0 Å². The van der Waals surface area contributed by atoms with Crippen molar-refractivity contribution >= 4 is 0 Å². The lowest BCUT2D eigenvalue weighted by atomic mass is 10.2. The molecule has 0 saturated carbocycles. The van der Waals surface area contributed by atoms with Gasteiger partial charge < -0.3 is 4.42 Å². The maximum Gasteiger partial charge on any atom is 0.178 e. The molecular formula is C14H8O. The van der Waals surface area contributed by atoms with E-state index in [0.717, 1.165) is 5.56 Å². The third-order valence-corrected chi connectivity index (χ3v) is 1.85. The van der Waals surface area contributed by atoms with Gasteiger partial charge in [0.05, 0.1) is 0 Å². The number of hydrogen-bond acceptors (Lipinski definition) is 1. The highest BCUT2D eigenvalue weighted by molar-refractivity contribution is 5.40. The molecule has 2 rings (SSSR count). The normalized spacial score (nSPS) is 8.73. The highest BCUT2D eigenvalue weighted by atomic mass is 16.3. The smallest absolute Gasteiger partial charge is 0.178 e. The van der Waals surface area contributed by atoms with Gasteiger partial charge in [0.2, 0.25) is 0 Å². The molecule has 0 unspecified atom stereocenters. The topological polar surface area (TPSA) is 13.1 Å². The molecular weight excluding hydrogens is 184 g/mol. The molecule has 0 aliphatic heterocycles. The minimum absolute atomic E-state index is 0.507. The Morgan fingerprint density at radius 3 is 2.27 bits per heavy atom. The van der Waals surface area contributed by atoms with Crippen LogP contribution in [0.3, 0.4) is 0 Å². The van der Waals surface area contributed by atoms with Crippen molar-refractivity contribution in [2.45, 2.75) is 0 Å². The molecule has 15 heavy (non-hydrogen) atoms. The van der Waals surface area contributed by atoms with E-state index in [-0.39, 0.29) is 0 Å². The van der Waals surface area contributed by atoms with Crippen molar-refractivity contribution in [3.8, 4) is 24.2 Å². The lowest BCUT2D eigenvalue weighted by Crippen LogP contribution is -1.71. The van der Waals surface area contributed by atoms with Crippen LogP contribution in [0.4, 0.5) is 0 Å². The van der Waals surface area contributed by atoms with Crippen molar-refractivity contribution in [3.05, 3.63) is 59.5 Å². The largest absolute Gasteiger partial charge is 0.439 e. The van der Waals surface area contributed by atoms with E-state index in [1.165, 1.54) is 0 Å². The second kappa shape index (κ2) is 4.22. The zero-order chi connectivity index (χ0) is 10.5. The maximum absolute atomic E-state index is 5.24. The average Bonchev–Trinajstić information content (AvgIpc) is 2.76. The summed E-state index contributed by atoms with van der Waals surface area (Å²) in [5.74, 6) is 9.40. The summed E-state index contributed by atoms with van der Waals surface area (Å²) in [6.07, 6.45) is 5.18. The maximum atomic E-state index is 5.24. The van der Waals surface area contributed by atoms with Crippen molar-refractivity contribution in [2.24, 2.45) is 0 Å². The van der Waals surface area contributed by atoms with Crippen LogP contribution in [0.2, 0.25) is 0 Å². The van der Waals surface area contributed by atoms with Gasteiger partial charge in [0, 0.05) is 5.56 Å². The first-order valence-electron chi connectivity index (χ1n) is 4.52. The fraction of sp³-hybridized carbons (Fsp3) is 0. The van der Waals surface area contributed by atoms with E-state index in [1.807, 2.05) is 30.3 Å². The van der Waals surface area contributed by atoms with E-state index < -0.39 is 0 Å². The van der Waals surface area contributed by atoms with Crippen LogP contribution >= 0.6 is 0 Å². The van der Waals surface area contributed by atoms with Crippen molar-refractivity contribution in [1.82, 2.24) is 0 Å². The van der Waals surface area contributed by atoms with Crippen LogP contribution in [-0.2, 0) is 0 Å². The fourth-order valence-electron chi connectivity index (χ4n) is 1.14. The summed E-state index contributed by atoms with van der Waals surface area (Å²) in [5, 5.41) is 0. The second-order valence-corrected chi connectivity index (χ2v) is 2.92. The van der Waals surface area contributed by atoms with Crippen LogP contribution in [-0.4, -0.2) is 0 Å². The molecule has 70 valence electrons. The summed E-state index contributed by atoms with van der Waals surface area (Å²) in [6.45, 7) is 0. The van der Waals surface area contributed by atoms with Crippen LogP contribution in [0.25, 0.3) is 0 Å². The molecule has 0 aliphatic rings. The third-order valence-electron chi connectivity index (χ3n) is 1.85. The lowest BCUT2D eigenvalue weighted by Gasteiger charge is -1.85. The van der Waals surface area contributed by atoms with Gasteiger partial charge >= 0.3 is 0 Å². The van der Waals surface area contributed by atoms with E-state index in [0.29, 0.717) is 11.5 Å². The zero-order valence-corrected chi connectivity index (χ0v) is 8.03. The van der Waals surface area contributed by atoms with Crippen LogP contribution in [0, 0.1) is 24.2 Å². The fourth-order valence-corrected chi connectivity index (χ4v) is 1.14. The molecule has 0 radical (unpaired) electrons. The van der Waals surface area contributed by atoms with Crippen molar-refractivity contribution < 1.29 is 4.42 Å². The number of furan rings is 1. The molecule has 0 N–H and O–H groups in total. The minimum atomic E-state index is 0.507. The molecule has 0 saturated heterocycles. The zero-order valence-electron chi connectivity index (χ0n) is 8.03. The van der Waals surface area contributed by atoms with Gasteiger partial charge in [0.15, 0.2) is 11.5 Å². The molecule has 1 nitrogen and oxygen atoms in total. The molecule has 0 bridgehead atoms. The summed E-state index contributed by atoms with van der Waals surface area (Å²) in [7, 11) is 0. The highest BCUT2D eigenvalue weighted by Crippen LogP contribution is 2.05. The van der Waals surface area contributed by atoms with E-state index in [2.05, 4.69) is 17.8 Å². The average molecular weight is 192 g/mol. The molecule has 2 aromatic rings. The Kier molecular flexibility index (Phi) is 2.59. The van der Waals surface area contributed by atoms with E-state index in [9.17, 15) is 0 Å². The molecule has 0 amide bonds. The molecule has 0 aliphatic carbocycles. The summed E-state index contributed by atoms with van der Waals surface area (Å²) >= 11 is 0. The predicted octanol–water partition coefficient (Wildman–Crippen LogP) is 2.66. The van der Waals surface area contributed by atoms with Gasteiger partial charge in [-0.3, -0.25) is 0 Å². The quantitative estimate of drug-likeness (QED) is 0.585. The number of benzene rings is 1. The van der Waals surface area contributed by atoms with Crippen LogP contribution in [0.5, 0.6) is 0 Å². The van der Waals surface area contributed by atoms with Gasteiger partial charge in [-0.25, -0.2) is 0 Å². The van der Waals surface area contributed by atoms with Crippen LogP contribution < -0.4 is 0 Å². The molecule has 1 heteroatoms. The number of hydrogen-bond donors (Lipinski definition) is 0. The molecule has 0 spiro atoms. The Balaban J connectivity index is 2.23. The van der Waals surface area contributed by atoms with Gasteiger partial charge in [-0.05, 0) is 36.1 Å². The van der Waals surface area contributed by atoms with Crippen LogP contribution in [0.15, 0.2) is 46.9 Å². The van der Waals surface area contributed by atoms with Crippen molar-refractivity contribution in [3.63, 3.8) is 0 Å². The highest BCUT2D eigenvalue weighted by Gasteiger charge is 1.94. The first-order chi connectivity index (χ1) is 7.38. The van der Waals surface area contributed by atoms with Gasteiger partial charge in [-0.2, -0.15) is 0 Å². The molecule has 1 heterocycles. The van der Waals surface area contributed by atoms with Gasteiger partial charge in [-0.1, -0.05) is 24.1 Å². The molecule has 0 fully saturated rings. The summed E-state index contributed by atoms with van der Waals surface area (Å²) < 4.78 is 5.24. The Morgan fingerprint density at radius 2 is 1.60 bits per heavy atom. The lowest BCUT2D eigenvalue weighted by molar-refractivity contribution is 0.542. The predicted molar refractivity (Wildman–Crippen MR) is 59.1 cm³/mol. The first-order valence-corrected chi connectivity index (χ1v) is 4.52. The Morgan fingerprint density at radius 1 is 0.867 bits per heavy atom. The van der Waals surface area contributed by atoms with Crippen molar-refractivity contribution in [1.29, 1.82) is 0 Å². The van der Waals surface area contributed by atoms with Crippen LogP contribution in [0.1, 0.15) is 17.1 Å². The van der Waals surface area contributed by atoms with E-state index in [1.54, 1.807) is 12.1 Å². The summed E-state index contributed by atoms with van der Waals surface area (Å²) in [6, 6.07) is 13.2. The minimum Gasteiger partial charge on any atom is -0.439 e. The standard InChI is InChI=1S/C14H8O/c1-2-13-10-11-14(15-13)9-8-12-6-4-3-5-7-12/h1,3-7,10-11H. The third kappa shape index (κ3) is 2.30.